The molecule has 0 radical (unpaired) electrons. The fourth-order valence-electron chi connectivity index (χ4n) is 2.30. The van der Waals surface area contributed by atoms with E-state index >= 15 is 0 Å². The molecule has 2 aromatic carbocycles. The number of hydrogen-bond acceptors (Lipinski definition) is 2. The van der Waals surface area contributed by atoms with Crippen molar-refractivity contribution in [3.63, 3.8) is 0 Å². The van der Waals surface area contributed by atoms with Crippen LogP contribution in [0.3, 0.4) is 0 Å². The highest BCUT2D eigenvalue weighted by molar-refractivity contribution is 5.40. The molecule has 1 N–H and O–H groups in total. The van der Waals surface area contributed by atoms with Crippen molar-refractivity contribution in [2.45, 2.75) is 19.1 Å². The number of ether oxygens (including phenoxy) is 1. The van der Waals surface area contributed by atoms with Gasteiger partial charge >= 0.3 is 6.18 Å². The van der Waals surface area contributed by atoms with Crippen LogP contribution in [0.5, 0.6) is 11.5 Å². The summed E-state index contributed by atoms with van der Waals surface area (Å²) in [5.74, 6) is 0.917. The fraction of sp³-hybridized carbons (Fsp3) is 0.250. The lowest BCUT2D eigenvalue weighted by molar-refractivity contribution is -0.137. The molecule has 1 aliphatic heterocycles. The maximum absolute atomic E-state index is 12.5. The van der Waals surface area contributed by atoms with Crippen LogP contribution in [0.25, 0.3) is 0 Å². The predicted octanol–water partition coefficient (Wildman–Crippen LogP) is 4.14. The molecular weight excluding hydrogens is 279 g/mol. The summed E-state index contributed by atoms with van der Waals surface area (Å²) < 4.78 is 50.8. The van der Waals surface area contributed by atoms with Crippen molar-refractivity contribution >= 4 is 0 Å². The number of fused-ring (bicyclic) bond motifs is 1. The van der Waals surface area contributed by atoms with Gasteiger partial charge in [-0.3, -0.25) is 0 Å². The molecular formula is C16H14F3NO. The van der Waals surface area contributed by atoms with Crippen molar-refractivity contribution in [3.05, 3.63) is 59.2 Å². The van der Waals surface area contributed by atoms with Gasteiger partial charge in [0, 0.05) is 6.54 Å². The van der Waals surface area contributed by atoms with Crippen molar-refractivity contribution in [3.8, 4) is 11.5 Å². The maximum atomic E-state index is 12.5. The number of nitrogens with one attached hydrogen (secondary N) is 1. The summed E-state index contributed by atoms with van der Waals surface area (Å²) in [4.78, 5) is 0. The summed E-state index contributed by atoms with van der Waals surface area (Å²) in [7, 11) is 0. The summed E-state index contributed by atoms with van der Waals surface area (Å²) >= 11 is 0. The van der Waals surface area contributed by atoms with Gasteiger partial charge in [-0.25, -0.2) is 0 Å². The van der Waals surface area contributed by atoms with Crippen LogP contribution < -0.4 is 10.0 Å². The van der Waals surface area contributed by atoms with Gasteiger partial charge in [-0.2, -0.15) is 13.2 Å². The van der Waals surface area contributed by atoms with Crippen LogP contribution in [-0.4, -0.2) is 6.54 Å². The Hall–Kier alpha value is -2.01. The van der Waals surface area contributed by atoms with E-state index in [9.17, 15) is 13.2 Å². The Morgan fingerprint density at radius 3 is 2.43 bits per heavy atom. The van der Waals surface area contributed by atoms with Crippen LogP contribution in [-0.2, 0) is 19.1 Å². The maximum Gasteiger partial charge on any atom is 0.416 e. The predicted molar refractivity (Wildman–Crippen MR) is 73.4 cm³/mol. The normalized spacial score (nSPS) is 16.2. The zero-order chi connectivity index (χ0) is 15.7. The van der Waals surface area contributed by atoms with E-state index in [0.717, 1.165) is 24.1 Å². The summed E-state index contributed by atoms with van der Waals surface area (Å²) in [6, 6.07) is 10.2. The van der Waals surface area contributed by atoms with E-state index in [1.165, 1.54) is 23.0 Å². The number of alkyl halides is 3. The zero-order valence-electron chi connectivity index (χ0n) is 12.2. The first-order valence-electron chi connectivity index (χ1n) is 7.07. The van der Waals surface area contributed by atoms with Crippen LogP contribution in [0.4, 0.5) is 13.2 Å². The molecule has 2 nitrogen and oxygen atoms in total. The average Bonchev–Trinajstić information content (AvgIpc) is 2.46. The Morgan fingerprint density at radius 1 is 1.00 bits per heavy atom. The summed E-state index contributed by atoms with van der Waals surface area (Å²) in [6.45, 7) is 1.23. The molecule has 0 amide bonds. The largest absolute Gasteiger partial charge is 0.457 e. The second-order valence-electron chi connectivity index (χ2n) is 4.91. The summed E-state index contributed by atoms with van der Waals surface area (Å²) in [5, 5.41) is 1.48. The van der Waals surface area contributed by atoms with E-state index in [-0.39, 0.29) is 0 Å². The monoisotopic (exact) mass is 294 g/mol. The molecule has 3 rings (SSSR count). The minimum Gasteiger partial charge on any atom is -0.457 e. The number of rotatable bonds is 2. The smallest absolute Gasteiger partial charge is 0.416 e. The first-order chi connectivity index (χ1) is 10.4. The topological polar surface area (TPSA) is 21.3 Å². The molecule has 0 aromatic heterocycles. The van der Waals surface area contributed by atoms with Gasteiger partial charge in [-0.15, -0.1) is 0 Å². The average molecular weight is 294 g/mol. The molecule has 5 heteroatoms. The lowest BCUT2D eigenvalue weighted by atomic mass is 10.0. The minimum absolute atomic E-state index is 0.353. The van der Waals surface area contributed by atoms with Gasteiger partial charge in [0.1, 0.15) is 12.9 Å². The van der Waals surface area contributed by atoms with E-state index in [2.05, 4.69) is 0 Å². The molecule has 1 heterocycles. The van der Waals surface area contributed by atoms with Crippen LogP contribution in [0.15, 0.2) is 42.5 Å². The Morgan fingerprint density at radius 2 is 1.71 bits per heavy atom. The molecule has 1 aliphatic rings. The molecule has 0 aliphatic carbocycles. The Balaban J connectivity index is 1.77. The van der Waals surface area contributed by atoms with Crippen LogP contribution in [0.1, 0.15) is 16.7 Å². The standard InChI is InChI=1S/C16H14F3NO/c17-16(18,19)13-2-5-14(6-3-13)21-15-4-1-11-7-8-20-10-12(11)9-15/h1-6,9,20H,7-8,10H2/i/hD. The molecule has 0 saturated heterocycles. The second kappa shape index (κ2) is 5.41. The Labute approximate surface area is 122 Å². The third-order valence-corrected chi connectivity index (χ3v) is 3.42. The lowest BCUT2D eigenvalue weighted by Gasteiger charge is -2.18. The third-order valence-electron chi connectivity index (χ3n) is 3.42. The van der Waals surface area contributed by atoms with Gasteiger partial charge in [0.15, 0.2) is 0 Å². The van der Waals surface area contributed by atoms with Gasteiger partial charge in [-0.05, 0) is 60.5 Å². The molecule has 0 unspecified atom stereocenters. The van der Waals surface area contributed by atoms with Gasteiger partial charge in [0.25, 0.3) is 0 Å². The fourth-order valence-corrected chi connectivity index (χ4v) is 2.30. The molecule has 21 heavy (non-hydrogen) atoms. The first kappa shape index (κ1) is 12.7. The van der Waals surface area contributed by atoms with Crippen molar-refractivity contribution in [2.75, 3.05) is 6.54 Å². The summed E-state index contributed by atoms with van der Waals surface area (Å²) in [5.41, 5.74) is 1.50. The molecule has 0 atom stereocenters. The third kappa shape index (κ3) is 3.19. The Bertz CT molecular complexity index is 670. The quantitative estimate of drug-likeness (QED) is 0.898. The van der Waals surface area contributed by atoms with E-state index < -0.39 is 11.7 Å². The van der Waals surface area contributed by atoms with E-state index in [4.69, 9.17) is 6.15 Å². The van der Waals surface area contributed by atoms with Gasteiger partial charge < -0.3 is 10.0 Å². The van der Waals surface area contributed by atoms with Crippen molar-refractivity contribution in [1.82, 2.24) is 5.31 Å². The highest BCUT2D eigenvalue weighted by Crippen LogP contribution is 2.31. The van der Waals surface area contributed by atoms with E-state index in [1.54, 1.807) is 6.07 Å². The number of halogens is 3. The lowest BCUT2D eigenvalue weighted by Crippen LogP contribution is -2.23. The van der Waals surface area contributed by atoms with E-state index in [1.807, 2.05) is 12.1 Å². The van der Waals surface area contributed by atoms with Gasteiger partial charge in [0.05, 0.1) is 5.56 Å². The zero-order valence-corrected chi connectivity index (χ0v) is 11.2. The minimum atomic E-state index is -4.35. The Kier molecular flexibility index (Phi) is 3.27. The van der Waals surface area contributed by atoms with Crippen LogP contribution >= 0.6 is 0 Å². The van der Waals surface area contributed by atoms with Crippen molar-refractivity contribution in [2.24, 2.45) is 0 Å². The highest BCUT2D eigenvalue weighted by Gasteiger charge is 2.30. The second-order valence-corrected chi connectivity index (χ2v) is 4.91. The van der Waals surface area contributed by atoms with Crippen LogP contribution in [0, 0.1) is 0 Å². The first-order valence-corrected chi connectivity index (χ1v) is 6.62. The number of hydrogen-bond donors (Lipinski definition) is 1. The van der Waals surface area contributed by atoms with E-state index in [0.29, 0.717) is 24.6 Å². The van der Waals surface area contributed by atoms with Crippen LogP contribution in [0.2, 0.25) is 1.41 Å². The van der Waals surface area contributed by atoms with Gasteiger partial charge in [0.2, 0.25) is 0 Å². The molecule has 0 fully saturated rings. The molecule has 0 bridgehead atoms. The molecule has 2 aromatic rings. The van der Waals surface area contributed by atoms with Crippen molar-refractivity contribution in [1.29, 1.82) is 0 Å². The molecule has 110 valence electrons. The number of benzene rings is 2. The molecule has 0 spiro atoms. The SMILES string of the molecule is [2H]N1CCc2ccc(Oc3ccc(C(F)(F)F)cc3)cc2C1. The van der Waals surface area contributed by atoms with Gasteiger partial charge in [-0.1, -0.05) is 6.07 Å². The van der Waals surface area contributed by atoms with Crippen molar-refractivity contribution < 1.29 is 19.3 Å². The summed E-state index contributed by atoms with van der Waals surface area (Å²) in [6.07, 6.45) is -3.53. The highest BCUT2D eigenvalue weighted by atomic mass is 19.4. The molecule has 0 saturated carbocycles.